The molecule has 2 aromatic rings. The molecule has 1 N–H and O–H groups in total. The van der Waals surface area contributed by atoms with E-state index in [1.54, 1.807) is 17.0 Å². The number of amides is 3. The first-order chi connectivity index (χ1) is 19.9. The van der Waals surface area contributed by atoms with Crippen molar-refractivity contribution in [2.45, 2.75) is 56.9 Å². The van der Waals surface area contributed by atoms with Gasteiger partial charge in [0.1, 0.15) is 18.4 Å². The number of hydrogen-bond acceptors (Lipinski definition) is 4. The molecule has 1 atom stereocenters. The zero-order valence-electron chi connectivity index (χ0n) is 23.8. The summed E-state index contributed by atoms with van der Waals surface area (Å²) in [5.74, 6) is 1.03. The van der Waals surface area contributed by atoms with Gasteiger partial charge in [-0.1, -0.05) is 40.9 Å². The second-order valence-corrected chi connectivity index (χ2v) is 12.6. The molecule has 0 aliphatic carbocycles. The molecular formula is C31H40Cl4N4O3. The molecule has 42 heavy (non-hydrogen) atoms. The van der Waals surface area contributed by atoms with Crippen LogP contribution in [0.25, 0.3) is 0 Å². The van der Waals surface area contributed by atoms with Crippen molar-refractivity contribution in [2.75, 3.05) is 52.4 Å². The summed E-state index contributed by atoms with van der Waals surface area (Å²) in [6.45, 7) is 6.47. The summed E-state index contributed by atoms with van der Waals surface area (Å²) in [5.41, 5.74) is 1.89. The van der Waals surface area contributed by atoms with Crippen LogP contribution in [0.1, 0.15) is 55.6 Å². The molecule has 0 radical (unpaired) electrons. The summed E-state index contributed by atoms with van der Waals surface area (Å²) < 4.78 is 6.24. The van der Waals surface area contributed by atoms with Crippen LogP contribution in [-0.2, 0) is 11.2 Å². The third kappa shape index (κ3) is 8.60. The number of urea groups is 1. The monoisotopic (exact) mass is 656 g/mol. The van der Waals surface area contributed by atoms with E-state index in [0.29, 0.717) is 54.3 Å². The van der Waals surface area contributed by atoms with Gasteiger partial charge in [0, 0.05) is 54.2 Å². The van der Waals surface area contributed by atoms with E-state index in [9.17, 15) is 9.59 Å². The van der Waals surface area contributed by atoms with Crippen molar-refractivity contribution in [3.8, 4) is 5.75 Å². The molecule has 2 aromatic carbocycles. The number of nitrogens with one attached hydrogen (secondary N) is 1. The van der Waals surface area contributed by atoms with Crippen molar-refractivity contribution in [3.05, 3.63) is 62.6 Å². The molecular weight excluding hydrogens is 618 g/mol. The number of carbonyl (C=O) groups is 2. The highest BCUT2D eigenvalue weighted by atomic mass is 35.5. The van der Waals surface area contributed by atoms with Gasteiger partial charge in [0.05, 0.1) is 0 Å². The molecule has 0 bridgehead atoms. The summed E-state index contributed by atoms with van der Waals surface area (Å²) >= 11 is 19.0. The molecule has 0 unspecified atom stereocenters. The summed E-state index contributed by atoms with van der Waals surface area (Å²) in [7, 11) is 0. The van der Waals surface area contributed by atoms with E-state index in [0.717, 1.165) is 62.2 Å². The van der Waals surface area contributed by atoms with Crippen molar-refractivity contribution in [3.63, 3.8) is 0 Å². The normalized spacial score (nSPS) is 18.5. The molecule has 5 rings (SSSR count). The van der Waals surface area contributed by atoms with E-state index in [4.69, 9.17) is 39.5 Å². The molecule has 0 aromatic heterocycles. The first-order valence-electron chi connectivity index (χ1n) is 14.8. The summed E-state index contributed by atoms with van der Waals surface area (Å²) in [6, 6.07) is 10.2. The molecule has 230 valence electrons. The van der Waals surface area contributed by atoms with Crippen molar-refractivity contribution < 1.29 is 14.3 Å². The number of ether oxygens (including phenoxy) is 1. The average Bonchev–Trinajstić information content (AvgIpc) is 3.70. The van der Waals surface area contributed by atoms with Crippen molar-refractivity contribution >= 4 is 59.1 Å². The van der Waals surface area contributed by atoms with Crippen molar-refractivity contribution in [2.24, 2.45) is 0 Å². The van der Waals surface area contributed by atoms with Crippen molar-refractivity contribution in [1.29, 1.82) is 0 Å². The van der Waals surface area contributed by atoms with Crippen LogP contribution < -0.4 is 10.1 Å². The number of hydrogen-bond donors (Lipinski definition) is 1. The molecule has 3 amide bonds. The highest BCUT2D eigenvalue weighted by Crippen LogP contribution is 2.36. The molecule has 0 saturated carbocycles. The van der Waals surface area contributed by atoms with E-state index in [1.165, 1.54) is 12.8 Å². The second-order valence-electron chi connectivity index (χ2n) is 11.3. The molecule has 3 heterocycles. The summed E-state index contributed by atoms with van der Waals surface area (Å²) in [4.78, 5) is 32.9. The quantitative estimate of drug-likeness (QED) is 0.327. The molecule has 3 saturated heterocycles. The largest absolute Gasteiger partial charge is 0.492 e. The van der Waals surface area contributed by atoms with Crippen LogP contribution in [0.5, 0.6) is 5.75 Å². The van der Waals surface area contributed by atoms with Gasteiger partial charge < -0.3 is 19.9 Å². The Hall–Kier alpha value is -1.90. The Morgan fingerprint density at radius 1 is 0.857 bits per heavy atom. The maximum atomic E-state index is 13.8. The standard InChI is InChI=1S/C31H39Cl3N4O3.ClH/c32-24-7-8-29(41-18-17-36-11-1-2-12-36)26(20-24)22-9-15-37(16-10-22)30(39)28(35-31(40)38-13-3-4-14-38)19-23-5-6-25(33)21-27(23)34;/h5-8,20-22,28H,1-4,9-19H2,(H,35,40);1H/t28-;/m1./s1. The third-order valence-electron chi connectivity index (χ3n) is 8.51. The zero-order valence-corrected chi connectivity index (χ0v) is 26.9. The van der Waals surface area contributed by atoms with Crippen LogP contribution in [0.2, 0.25) is 15.1 Å². The topological polar surface area (TPSA) is 65.1 Å². The van der Waals surface area contributed by atoms with Crippen LogP contribution in [0.3, 0.4) is 0 Å². The number of halogens is 4. The number of likely N-dealkylation sites (tertiary alicyclic amines) is 3. The van der Waals surface area contributed by atoms with Gasteiger partial charge in [-0.25, -0.2) is 4.79 Å². The second kappa shape index (κ2) is 15.7. The Bertz CT molecular complexity index is 1210. The molecule has 3 fully saturated rings. The van der Waals surface area contributed by atoms with E-state index >= 15 is 0 Å². The summed E-state index contributed by atoms with van der Waals surface area (Å²) in [5, 5.41) is 4.73. The Labute approximate surface area is 270 Å². The highest BCUT2D eigenvalue weighted by molar-refractivity contribution is 6.35. The lowest BCUT2D eigenvalue weighted by Crippen LogP contribution is -2.54. The Balaban J connectivity index is 0.00000405. The maximum Gasteiger partial charge on any atom is 0.318 e. The average molecular weight is 658 g/mol. The molecule has 7 nitrogen and oxygen atoms in total. The molecule has 11 heteroatoms. The Morgan fingerprint density at radius 2 is 1.50 bits per heavy atom. The van der Waals surface area contributed by atoms with Crippen LogP contribution in [0.15, 0.2) is 36.4 Å². The van der Waals surface area contributed by atoms with Crippen LogP contribution in [0.4, 0.5) is 4.79 Å². The summed E-state index contributed by atoms with van der Waals surface area (Å²) in [6.07, 6.45) is 6.38. The van der Waals surface area contributed by atoms with Gasteiger partial charge in [0.25, 0.3) is 0 Å². The molecule has 0 spiro atoms. The minimum absolute atomic E-state index is 0. The smallest absolute Gasteiger partial charge is 0.318 e. The third-order valence-corrected chi connectivity index (χ3v) is 9.33. The van der Waals surface area contributed by atoms with Gasteiger partial charge in [0.2, 0.25) is 5.91 Å². The lowest BCUT2D eigenvalue weighted by atomic mass is 9.88. The van der Waals surface area contributed by atoms with Gasteiger partial charge in [0.15, 0.2) is 0 Å². The molecule has 3 aliphatic heterocycles. The van der Waals surface area contributed by atoms with Gasteiger partial charge >= 0.3 is 6.03 Å². The van der Waals surface area contributed by atoms with Gasteiger partial charge in [-0.05, 0) is 99.0 Å². The van der Waals surface area contributed by atoms with Crippen LogP contribution >= 0.6 is 47.2 Å². The lowest BCUT2D eigenvalue weighted by Gasteiger charge is -2.35. The first kappa shape index (κ1) is 33.0. The first-order valence-corrected chi connectivity index (χ1v) is 15.9. The molecule has 3 aliphatic rings. The Morgan fingerprint density at radius 3 is 2.19 bits per heavy atom. The number of nitrogens with zero attached hydrogens (tertiary/aromatic N) is 3. The predicted molar refractivity (Wildman–Crippen MR) is 172 cm³/mol. The lowest BCUT2D eigenvalue weighted by molar-refractivity contribution is -0.134. The fourth-order valence-corrected chi connectivity index (χ4v) is 6.83. The fraction of sp³-hybridized carbons (Fsp3) is 0.548. The fourth-order valence-electron chi connectivity index (χ4n) is 6.16. The van der Waals surface area contributed by atoms with Gasteiger partial charge in [-0.3, -0.25) is 9.69 Å². The Kier molecular flexibility index (Phi) is 12.3. The number of carbonyl (C=O) groups excluding carboxylic acids is 2. The SMILES string of the molecule is Cl.O=C(N[C@H](Cc1ccc(Cl)cc1Cl)C(=O)N1CCC(c2cc(Cl)ccc2OCCN2CCCC2)CC1)N1CCCC1. The van der Waals surface area contributed by atoms with Gasteiger partial charge in [-0.2, -0.15) is 0 Å². The minimum atomic E-state index is -0.714. The predicted octanol–water partition coefficient (Wildman–Crippen LogP) is 6.67. The minimum Gasteiger partial charge on any atom is -0.492 e. The van der Waals surface area contributed by atoms with E-state index in [-0.39, 0.29) is 30.3 Å². The van der Waals surface area contributed by atoms with Crippen LogP contribution in [-0.4, -0.2) is 85.1 Å². The maximum absolute atomic E-state index is 13.8. The van der Waals surface area contributed by atoms with E-state index in [2.05, 4.69) is 10.2 Å². The zero-order chi connectivity index (χ0) is 28.8. The van der Waals surface area contributed by atoms with Crippen molar-refractivity contribution in [1.82, 2.24) is 20.0 Å². The number of piperidine rings is 1. The number of rotatable bonds is 9. The van der Waals surface area contributed by atoms with Gasteiger partial charge in [-0.15, -0.1) is 12.4 Å². The number of benzene rings is 2. The highest BCUT2D eigenvalue weighted by Gasteiger charge is 2.32. The van der Waals surface area contributed by atoms with Crippen LogP contribution in [0, 0.1) is 0 Å². The van der Waals surface area contributed by atoms with E-state index in [1.807, 2.05) is 29.2 Å². The van der Waals surface area contributed by atoms with E-state index < -0.39 is 6.04 Å².